The largest absolute Gasteiger partial charge is 0.486 e. The number of carbonyl (C=O) groups excluding carboxylic acids is 2. The number of amides is 3. The average molecular weight is 642 g/mol. The number of urea groups is 1. The number of fused-ring (bicyclic) bond motifs is 1. The van der Waals surface area contributed by atoms with E-state index in [2.05, 4.69) is 26.8 Å². The Labute approximate surface area is 272 Å². The lowest BCUT2D eigenvalue weighted by Gasteiger charge is -2.26. The van der Waals surface area contributed by atoms with Crippen molar-refractivity contribution in [1.82, 2.24) is 14.8 Å². The van der Waals surface area contributed by atoms with Crippen LogP contribution in [0.3, 0.4) is 0 Å². The van der Waals surface area contributed by atoms with E-state index >= 15 is 4.39 Å². The van der Waals surface area contributed by atoms with Crippen LogP contribution in [0.4, 0.5) is 31.3 Å². The molecular formula is C34H36FN7O5. The maximum absolute atomic E-state index is 15.3. The molecule has 4 aromatic rings. The number of aromatic nitrogens is 3. The highest BCUT2D eigenvalue weighted by molar-refractivity contribution is 5.99. The molecule has 12 nitrogen and oxygen atoms in total. The lowest BCUT2D eigenvalue weighted by molar-refractivity contribution is 0.0579. The van der Waals surface area contributed by atoms with Crippen LogP contribution in [0.25, 0.3) is 5.69 Å². The molecule has 0 saturated heterocycles. The number of nitriles is 1. The Kier molecular flexibility index (Phi) is 9.05. The maximum atomic E-state index is 15.3. The highest BCUT2D eigenvalue weighted by Gasteiger charge is 2.30. The van der Waals surface area contributed by atoms with E-state index in [1.807, 2.05) is 20.8 Å². The second-order valence-electron chi connectivity index (χ2n) is 12.9. The van der Waals surface area contributed by atoms with Crippen molar-refractivity contribution in [2.75, 3.05) is 28.7 Å². The molecule has 3 amide bonds. The molecule has 0 unspecified atom stereocenters. The van der Waals surface area contributed by atoms with Gasteiger partial charge in [0.15, 0.2) is 11.6 Å². The summed E-state index contributed by atoms with van der Waals surface area (Å²) in [5, 5.41) is 19.1. The van der Waals surface area contributed by atoms with Gasteiger partial charge in [-0.05, 0) is 63.6 Å². The van der Waals surface area contributed by atoms with Gasteiger partial charge in [0.2, 0.25) is 5.75 Å². The van der Waals surface area contributed by atoms with Gasteiger partial charge in [0.05, 0.1) is 35.3 Å². The second kappa shape index (κ2) is 13.0. The monoisotopic (exact) mass is 641 g/mol. The number of carbonyl (C=O) groups is 2. The molecule has 0 aliphatic carbocycles. The Bertz CT molecular complexity index is 1840. The zero-order chi connectivity index (χ0) is 33.9. The van der Waals surface area contributed by atoms with Gasteiger partial charge in [0.25, 0.3) is 0 Å². The van der Waals surface area contributed by atoms with Gasteiger partial charge in [-0.25, -0.2) is 23.6 Å². The molecule has 2 aromatic carbocycles. The molecule has 47 heavy (non-hydrogen) atoms. The number of ether oxygens (including phenoxy) is 3. The quantitative estimate of drug-likeness (QED) is 0.228. The summed E-state index contributed by atoms with van der Waals surface area (Å²) in [5.41, 5.74) is 0.730. The molecule has 0 spiro atoms. The van der Waals surface area contributed by atoms with Gasteiger partial charge >= 0.3 is 12.1 Å². The molecule has 5 rings (SSSR count). The van der Waals surface area contributed by atoms with Crippen LogP contribution in [0.1, 0.15) is 59.2 Å². The van der Waals surface area contributed by atoms with E-state index in [0.717, 1.165) is 11.8 Å². The first-order valence-electron chi connectivity index (χ1n) is 15.0. The second-order valence-corrected chi connectivity index (χ2v) is 12.9. The number of hydrogen-bond acceptors (Lipinski definition) is 8. The van der Waals surface area contributed by atoms with Crippen molar-refractivity contribution in [3.05, 3.63) is 77.9 Å². The average Bonchev–Trinajstić information content (AvgIpc) is 3.29. The van der Waals surface area contributed by atoms with E-state index in [1.165, 1.54) is 23.2 Å². The zero-order valence-corrected chi connectivity index (χ0v) is 27.1. The fraction of sp³-hybridized carbons (Fsp3) is 0.324. The predicted octanol–water partition coefficient (Wildman–Crippen LogP) is 7.54. The first-order valence-corrected chi connectivity index (χ1v) is 15.0. The Balaban J connectivity index is 1.33. The van der Waals surface area contributed by atoms with Crippen molar-refractivity contribution in [1.29, 1.82) is 5.26 Å². The van der Waals surface area contributed by atoms with Crippen LogP contribution in [0.5, 0.6) is 17.2 Å². The minimum atomic E-state index is -0.745. The molecule has 3 heterocycles. The topological polar surface area (TPSA) is 144 Å². The Hall–Kier alpha value is -5.64. The van der Waals surface area contributed by atoms with Crippen LogP contribution in [0.15, 0.2) is 60.8 Å². The van der Waals surface area contributed by atoms with Crippen LogP contribution in [0.2, 0.25) is 0 Å². The molecule has 1 aliphatic heterocycles. The summed E-state index contributed by atoms with van der Waals surface area (Å²) in [5.74, 6) is 0.438. The molecule has 2 N–H and O–H groups in total. The van der Waals surface area contributed by atoms with Crippen LogP contribution in [-0.4, -0.2) is 45.6 Å². The Morgan fingerprint density at radius 1 is 1.02 bits per heavy atom. The lowest BCUT2D eigenvalue weighted by atomic mass is 9.92. The van der Waals surface area contributed by atoms with Gasteiger partial charge in [0.1, 0.15) is 23.0 Å². The molecule has 13 heteroatoms. The van der Waals surface area contributed by atoms with Crippen molar-refractivity contribution < 1.29 is 28.2 Å². The van der Waals surface area contributed by atoms with E-state index < -0.39 is 23.5 Å². The maximum Gasteiger partial charge on any atom is 0.416 e. The highest BCUT2D eigenvalue weighted by Crippen LogP contribution is 2.40. The smallest absolute Gasteiger partial charge is 0.416 e. The highest BCUT2D eigenvalue weighted by atomic mass is 19.1. The minimum Gasteiger partial charge on any atom is -0.486 e. The summed E-state index contributed by atoms with van der Waals surface area (Å²) in [6, 6.07) is 15.4. The molecule has 1 aliphatic rings. The van der Waals surface area contributed by atoms with E-state index in [0.29, 0.717) is 36.6 Å². The Morgan fingerprint density at radius 3 is 2.43 bits per heavy atom. The van der Waals surface area contributed by atoms with Crippen molar-refractivity contribution in [3.63, 3.8) is 0 Å². The van der Waals surface area contributed by atoms with E-state index in [1.54, 1.807) is 61.9 Å². The first-order chi connectivity index (χ1) is 22.2. The fourth-order valence-electron chi connectivity index (χ4n) is 4.59. The minimum absolute atomic E-state index is 0.0868. The molecule has 0 bridgehead atoms. The first kappa shape index (κ1) is 32.7. The zero-order valence-electron chi connectivity index (χ0n) is 27.1. The fourth-order valence-corrected chi connectivity index (χ4v) is 4.59. The third kappa shape index (κ3) is 7.78. The summed E-state index contributed by atoms with van der Waals surface area (Å²) >= 11 is 0. The SMILES string of the molecule is CC(C)(C)OC(=O)N1CCCOc2c(Oc3ccc(NC(=O)Nc4cc(C(C)(C)C)nn4-c4ccc(C#N)cc4)c(F)c3)ccnc21. The molecule has 0 radical (unpaired) electrons. The van der Waals surface area contributed by atoms with Gasteiger partial charge in [-0.1, -0.05) is 20.8 Å². The van der Waals surface area contributed by atoms with E-state index in [9.17, 15) is 9.59 Å². The third-order valence-electron chi connectivity index (χ3n) is 6.87. The molecular weight excluding hydrogens is 605 g/mol. The molecule has 0 atom stereocenters. The predicted molar refractivity (Wildman–Crippen MR) is 174 cm³/mol. The summed E-state index contributed by atoms with van der Waals surface area (Å²) in [6.45, 7) is 12.0. The van der Waals surface area contributed by atoms with Gasteiger partial charge in [-0.3, -0.25) is 10.2 Å². The summed E-state index contributed by atoms with van der Waals surface area (Å²) in [7, 11) is 0. The summed E-state index contributed by atoms with van der Waals surface area (Å²) in [6.07, 6.45) is 1.44. The molecule has 2 aromatic heterocycles. The third-order valence-corrected chi connectivity index (χ3v) is 6.87. The van der Waals surface area contributed by atoms with Gasteiger partial charge in [-0.2, -0.15) is 10.4 Å². The number of benzene rings is 2. The molecule has 0 fully saturated rings. The van der Waals surface area contributed by atoms with Crippen molar-refractivity contribution in [2.45, 2.75) is 59.0 Å². The standard InChI is InChI=1S/C34H36FN7O5/c1-33(2,3)27-19-28(42(40-27)22-10-8-21(20-36)9-11-22)39-31(43)38-25-13-12-23(18-24(25)35)46-26-14-15-37-30-29(26)45-17-7-16-41(30)32(44)47-34(4,5)6/h8-15,18-19H,7,16-17H2,1-6H3,(H2,38,39,43). The molecule has 0 saturated carbocycles. The number of nitrogens with one attached hydrogen (secondary N) is 2. The van der Waals surface area contributed by atoms with Crippen LogP contribution < -0.4 is 25.0 Å². The van der Waals surface area contributed by atoms with Gasteiger partial charge in [0, 0.05) is 36.4 Å². The van der Waals surface area contributed by atoms with Gasteiger partial charge < -0.3 is 19.5 Å². The number of rotatable bonds is 5. The number of halogens is 1. The van der Waals surface area contributed by atoms with Gasteiger partial charge in [-0.15, -0.1) is 0 Å². The van der Waals surface area contributed by atoms with Crippen molar-refractivity contribution in [3.8, 4) is 29.0 Å². The van der Waals surface area contributed by atoms with Crippen LogP contribution in [0, 0.1) is 17.1 Å². The summed E-state index contributed by atoms with van der Waals surface area (Å²) in [4.78, 5) is 31.7. The normalized spacial score (nSPS) is 13.0. The summed E-state index contributed by atoms with van der Waals surface area (Å²) < 4.78 is 34.2. The van der Waals surface area contributed by atoms with Crippen molar-refractivity contribution in [2.24, 2.45) is 0 Å². The number of hydrogen-bond donors (Lipinski definition) is 2. The van der Waals surface area contributed by atoms with Crippen molar-refractivity contribution >= 4 is 29.4 Å². The lowest BCUT2D eigenvalue weighted by Crippen LogP contribution is -2.37. The van der Waals surface area contributed by atoms with Crippen LogP contribution in [-0.2, 0) is 10.2 Å². The molecule has 244 valence electrons. The number of pyridine rings is 1. The number of nitrogens with zero attached hydrogens (tertiary/aromatic N) is 5. The van der Waals surface area contributed by atoms with E-state index in [4.69, 9.17) is 19.5 Å². The Morgan fingerprint density at radius 2 is 1.77 bits per heavy atom. The number of anilines is 3. The van der Waals surface area contributed by atoms with E-state index in [-0.39, 0.29) is 34.2 Å². The van der Waals surface area contributed by atoms with Crippen LogP contribution >= 0.6 is 0 Å².